The summed E-state index contributed by atoms with van der Waals surface area (Å²) < 4.78 is 27.8. The molecule has 0 saturated carbocycles. The van der Waals surface area contributed by atoms with Crippen molar-refractivity contribution in [1.29, 1.82) is 0 Å². The van der Waals surface area contributed by atoms with Crippen molar-refractivity contribution >= 4 is 25.6 Å². The number of benzene rings is 1. The quantitative estimate of drug-likeness (QED) is 0.796. The molecule has 1 aliphatic rings. The summed E-state index contributed by atoms with van der Waals surface area (Å²) in [7, 11) is 3.21. The van der Waals surface area contributed by atoms with Crippen LogP contribution in [0.3, 0.4) is 0 Å². The molecule has 1 fully saturated rings. The minimum absolute atomic E-state index is 0.0493. The van der Waals surface area contributed by atoms with Crippen molar-refractivity contribution in [2.24, 2.45) is 0 Å². The van der Waals surface area contributed by atoms with Gasteiger partial charge < -0.3 is 9.64 Å². The summed E-state index contributed by atoms with van der Waals surface area (Å²) in [6, 6.07) is 7.14. The maximum absolute atomic E-state index is 11.9. The Hall–Kier alpha value is -1.27. The van der Waals surface area contributed by atoms with E-state index in [9.17, 15) is 13.2 Å². The zero-order chi connectivity index (χ0) is 14.9. The van der Waals surface area contributed by atoms with Crippen molar-refractivity contribution in [3.8, 4) is 5.75 Å². The van der Waals surface area contributed by atoms with E-state index in [1.807, 2.05) is 31.2 Å². The average molecular weight is 318 g/mol. The van der Waals surface area contributed by atoms with Crippen LogP contribution in [0.25, 0.3) is 0 Å². The molecule has 0 aromatic heterocycles. The number of methoxy groups -OCH3 is 1. The van der Waals surface area contributed by atoms with Gasteiger partial charge in [0.25, 0.3) is 0 Å². The fourth-order valence-corrected chi connectivity index (χ4v) is 3.36. The van der Waals surface area contributed by atoms with Crippen LogP contribution in [-0.4, -0.2) is 38.1 Å². The van der Waals surface area contributed by atoms with Gasteiger partial charge in [0.05, 0.1) is 13.2 Å². The first-order valence-electron chi connectivity index (χ1n) is 6.20. The number of carbonyl (C=O) groups is 1. The lowest BCUT2D eigenvalue weighted by molar-refractivity contribution is -0.129. The fraction of sp³-hybridized carbons (Fsp3) is 0.462. The molecule has 20 heavy (non-hydrogen) atoms. The van der Waals surface area contributed by atoms with Crippen LogP contribution >= 0.6 is 10.7 Å². The molecule has 1 saturated heterocycles. The first-order valence-corrected chi connectivity index (χ1v) is 8.57. The summed E-state index contributed by atoms with van der Waals surface area (Å²) in [6.07, 6.45) is -0.0493. The molecule has 2 rings (SSSR count). The van der Waals surface area contributed by atoms with Gasteiger partial charge in [0, 0.05) is 23.6 Å². The lowest BCUT2D eigenvalue weighted by atomic mass is 10.1. The Morgan fingerprint density at radius 2 is 1.95 bits per heavy atom. The van der Waals surface area contributed by atoms with Crippen LogP contribution in [0.2, 0.25) is 0 Å². The fourth-order valence-electron chi connectivity index (χ4n) is 2.32. The molecule has 110 valence electrons. The van der Waals surface area contributed by atoms with E-state index < -0.39 is 14.3 Å². The largest absolute Gasteiger partial charge is 0.497 e. The van der Waals surface area contributed by atoms with Gasteiger partial charge in [-0.15, -0.1) is 0 Å². The number of ether oxygens (including phenoxy) is 1. The zero-order valence-electron chi connectivity index (χ0n) is 11.2. The average Bonchev–Trinajstić information content (AvgIpc) is 2.80. The topological polar surface area (TPSA) is 63.7 Å². The number of halogens is 1. The second kappa shape index (κ2) is 5.61. The predicted octanol–water partition coefficient (Wildman–Crippen LogP) is 1.93. The summed E-state index contributed by atoms with van der Waals surface area (Å²) in [4.78, 5) is 13.5. The van der Waals surface area contributed by atoms with Gasteiger partial charge >= 0.3 is 0 Å². The Balaban J connectivity index is 2.16. The number of carbonyl (C=O) groups excluding carboxylic acids is 1. The van der Waals surface area contributed by atoms with E-state index in [2.05, 4.69) is 0 Å². The van der Waals surface area contributed by atoms with Crippen molar-refractivity contribution in [1.82, 2.24) is 4.90 Å². The molecule has 0 aliphatic carbocycles. The second-order valence-corrected chi connectivity index (χ2v) is 7.71. The SMILES string of the molecule is COc1ccc(C(C)N2CC(S(=O)(=O)Cl)CC2=O)cc1. The molecule has 7 heteroatoms. The van der Waals surface area contributed by atoms with Gasteiger partial charge in [-0.25, -0.2) is 8.42 Å². The van der Waals surface area contributed by atoms with E-state index in [4.69, 9.17) is 15.4 Å². The smallest absolute Gasteiger partial charge is 0.237 e. The molecule has 0 bridgehead atoms. The Kier molecular flexibility index (Phi) is 4.25. The molecule has 1 aromatic carbocycles. The number of likely N-dealkylation sites (tertiary alicyclic amines) is 1. The zero-order valence-corrected chi connectivity index (χ0v) is 12.8. The van der Waals surface area contributed by atoms with Gasteiger partial charge in [0.15, 0.2) is 0 Å². The number of amides is 1. The number of rotatable bonds is 4. The molecule has 0 radical (unpaired) electrons. The van der Waals surface area contributed by atoms with Gasteiger partial charge in [0.2, 0.25) is 15.0 Å². The molecule has 1 heterocycles. The summed E-state index contributed by atoms with van der Waals surface area (Å²) in [5, 5.41) is -0.822. The molecule has 5 nitrogen and oxygen atoms in total. The summed E-state index contributed by atoms with van der Waals surface area (Å²) in [6.45, 7) is 2.00. The second-order valence-electron chi connectivity index (χ2n) is 4.80. The van der Waals surface area contributed by atoms with Crippen molar-refractivity contribution in [3.63, 3.8) is 0 Å². The molecule has 2 unspecified atom stereocenters. The maximum atomic E-state index is 11.9. The van der Waals surface area contributed by atoms with E-state index >= 15 is 0 Å². The minimum Gasteiger partial charge on any atom is -0.497 e. The molecule has 0 N–H and O–H groups in total. The van der Waals surface area contributed by atoms with E-state index in [0.717, 1.165) is 11.3 Å². The highest BCUT2D eigenvalue weighted by atomic mass is 35.7. The van der Waals surface area contributed by atoms with Gasteiger partial charge in [-0.1, -0.05) is 12.1 Å². The van der Waals surface area contributed by atoms with Crippen LogP contribution in [0.5, 0.6) is 5.75 Å². The Bertz CT molecular complexity index is 599. The van der Waals surface area contributed by atoms with Crippen LogP contribution in [0.1, 0.15) is 24.9 Å². The molecular formula is C13H16ClNO4S. The van der Waals surface area contributed by atoms with E-state index in [1.165, 1.54) is 0 Å². The van der Waals surface area contributed by atoms with Gasteiger partial charge in [-0.05, 0) is 24.6 Å². The minimum atomic E-state index is -3.71. The van der Waals surface area contributed by atoms with Gasteiger partial charge in [-0.3, -0.25) is 4.79 Å². The normalized spacial score (nSPS) is 21.1. The summed E-state index contributed by atoms with van der Waals surface area (Å²) in [5.41, 5.74) is 0.923. The summed E-state index contributed by atoms with van der Waals surface area (Å²) in [5.74, 6) is 0.539. The number of hydrogen-bond acceptors (Lipinski definition) is 4. The highest BCUT2D eigenvalue weighted by molar-refractivity contribution is 8.14. The lowest BCUT2D eigenvalue weighted by Gasteiger charge is -2.25. The molecule has 2 atom stereocenters. The van der Waals surface area contributed by atoms with Gasteiger partial charge in [0.1, 0.15) is 11.0 Å². The maximum Gasteiger partial charge on any atom is 0.237 e. The number of hydrogen-bond donors (Lipinski definition) is 0. The van der Waals surface area contributed by atoms with Crippen LogP contribution in [0, 0.1) is 0 Å². The summed E-state index contributed by atoms with van der Waals surface area (Å²) >= 11 is 0. The van der Waals surface area contributed by atoms with Gasteiger partial charge in [-0.2, -0.15) is 0 Å². The Morgan fingerprint density at radius 1 is 1.35 bits per heavy atom. The standard InChI is InChI=1S/C13H16ClNO4S/c1-9(10-3-5-11(19-2)6-4-10)15-8-12(7-13(15)16)20(14,17)18/h3-6,9,12H,7-8H2,1-2H3. The molecular weight excluding hydrogens is 302 g/mol. The number of nitrogens with zero attached hydrogens (tertiary/aromatic N) is 1. The third-order valence-corrected chi connectivity index (χ3v) is 5.45. The molecule has 0 spiro atoms. The van der Waals surface area contributed by atoms with Crippen LogP contribution in [0.4, 0.5) is 0 Å². The van der Waals surface area contributed by atoms with Crippen molar-refractivity contribution in [2.75, 3.05) is 13.7 Å². The first-order chi connectivity index (χ1) is 9.32. The molecule has 1 aliphatic heterocycles. The van der Waals surface area contributed by atoms with E-state index in [-0.39, 0.29) is 24.9 Å². The first kappa shape index (κ1) is 15.1. The predicted molar refractivity (Wildman–Crippen MR) is 76.3 cm³/mol. The lowest BCUT2D eigenvalue weighted by Crippen LogP contribution is -2.30. The molecule has 1 amide bonds. The highest BCUT2D eigenvalue weighted by Crippen LogP contribution is 2.30. The van der Waals surface area contributed by atoms with Crippen LogP contribution in [-0.2, 0) is 13.8 Å². The Morgan fingerprint density at radius 3 is 2.40 bits per heavy atom. The third-order valence-electron chi connectivity index (χ3n) is 3.59. The molecule has 1 aromatic rings. The van der Waals surface area contributed by atoms with Crippen molar-refractivity contribution < 1.29 is 17.9 Å². The van der Waals surface area contributed by atoms with Crippen molar-refractivity contribution in [2.45, 2.75) is 24.6 Å². The van der Waals surface area contributed by atoms with Crippen molar-refractivity contribution in [3.05, 3.63) is 29.8 Å². The third kappa shape index (κ3) is 3.07. The monoisotopic (exact) mass is 317 g/mol. The van der Waals surface area contributed by atoms with Crippen LogP contribution in [0.15, 0.2) is 24.3 Å². The Labute approximate surface area is 122 Å². The highest BCUT2D eigenvalue weighted by Gasteiger charge is 2.39. The van der Waals surface area contributed by atoms with Crippen LogP contribution < -0.4 is 4.74 Å². The van der Waals surface area contributed by atoms with E-state index in [1.54, 1.807) is 12.0 Å². The van der Waals surface area contributed by atoms with E-state index in [0.29, 0.717) is 0 Å².